The van der Waals surface area contributed by atoms with Crippen LogP contribution in [0, 0.1) is 0 Å². The fourth-order valence-corrected chi connectivity index (χ4v) is 3.13. The maximum atomic E-state index is 9.56. The molecule has 0 aliphatic carbocycles. The van der Waals surface area contributed by atoms with Gasteiger partial charge in [0.25, 0.3) is 0 Å². The predicted molar refractivity (Wildman–Crippen MR) is 97.1 cm³/mol. The van der Waals surface area contributed by atoms with Crippen molar-refractivity contribution in [2.45, 2.75) is 32.9 Å². The fourth-order valence-electron chi connectivity index (χ4n) is 2.20. The number of aromatic nitrogens is 2. The summed E-state index contributed by atoms with van der Waals surface area (Å²) in [7, 11) is 0. The van der Waals surface area contributed by atoms with Crippen molar-refractivity contribution in [3.63, 3.8) is 0 Å². The van der Waals surface area contributed by atoms with Gasteiger partial charge < -0.3 is 9.84 Å². The number of aromatic hydroxyl groups is 1. The SMILES string of the molecule is CC(C)(C)OCNCc1cncc(-c2nc3cc(O)ccc3s2)c1. The van der Waals surface area contributed by atoms with Crippen molar-refractivity contribution in [1.82, 2.24) is 15.3 Å². The average molecular weight is 343 g/mol. The van der Waals surface area contributed by atoms with E-state index in [2.05, 4.69) is 21.4 Å². The Kier molecular flexibility index (Phi) is 4.80. The molecule has 0 aliphatic heterocycles. The molecular formula is C18H21N3O2S. The molecule has 0 spiro atoms. The summed E-state index contributed by atoms with van der Waals surface area (Å²) >= 11 is 1.59. The first-order valence-corrected chi connectivity index (χ1v) is 8.61. The first kappa shape index (κ1) is 16.8. The van der Waals surface area contributed by atoms with Crippen molar-refractivity contribution < 1.29 is 9.84 Å². The summed E-state index contributed by atoms with van der Waals surface area (Å²) in [5.41, 5.74) is 2.70. The summed E-state index contributed by atoms with van der Waals surface area (Å²) in [5, 5.41) is 13.7. The monoisotopic (exact) mass is 343 g/mol. The molecule has 6 heteroatoms. The van der Waals surface area contributed by atoms with Gasteiger partial charge in [-0.25, -0.2) is 4.98 Å². The molecule has 3 aromatic rings. The van der Waals surface area contributed by atoms with E-state index in [1.54, 1.807) is 23.5 Å². The van der Waals surface area contributed by atoms with Crippen LogP contribution in [-0.4, -0.2) is 27.4 Å². The van der Waals surface area contributed by atoms with Crippen molar-refractivity contribution in [3.8, 4) is 16.3 Å². The van der Waals surface area contributed by atoms with Crippen LogP contribution in [0.1, 0.15) is 26.3 Å². The Hall–Kier alpha value is -2.02. The lowest BCUT2D eigenvalue weighted by molar-refractivity contribution is -0.0138. The molecular weight excluding hydrogens is 322 g/mol. The third-order valence-electron chi connectivity index (χ3n) is 3.35. The summed E-state index contributed by atoms with van der Waals surface area (Å²) < 4.78 is 6.70. The van der Waals surface area contributed by atoms with Crippen LogP contribution in [0.2, 0.25) is 0 Å². The minimum Gasteiger partial charge on any atom is -0.508 e. The number of hydrogen-bond donors (Lipinski definition) is 2. The van der Waals surface area contributed by atoms with Crippen molar-refractivity contribution in [1.29, 1.82) is 0 Å². The molecule has 24 heavy (non-hydrogen) atoms. The van der Waals surface area contributed by atoms with Crippen molar-refractivity contribution >= 4 is 21.6 Å². The summed E-state index contributed by atoms with van der Waals surface area (Å²) in [6.45, 7) is 7.27. The van der Waals surface area contributed by atoms with Crippen LogP contribution in [-0.2, 0) is 11.3 Å². The second kappa shape index (κ2) is 6.84. The van der Waals surface area contributed by atoms with Crippen LogP contribution in [0.4, 0.5) is 0 Å². The maximum Gasteiger partial charge on any atom is 0.126 e. The first-order valence-electron chi connectivity index (χ1n) is 7.79. The van der Waals surface area contributed by atoms with Gasteiger partial charge in [0, 0.05) is 30.6 Å². The molecule has 126 valence electrons. The first-order chi connectivity index (χ1) is 11.4. The van der Waals surface area contributed by atoms with Crippen LogP contribution in [0.5, 0.6) is 5.75 Å². The Morgan fingerprint density at radius 3 is 2.83 bits per heavy atom. The van der Waals surface area contributed by atoms with Crippen molar-refractivity contribution in [2.24, 2.45) is 0 Å². The van der Waals surface area contributed by atoms with E-state index in [4.69, 9.17) is 4.74 Å². The number of pyridine rings is 1. The lowest BCUT2D eigenvalue weighted by atomic mass is 10.2. The highest BCUT2D eigenvalue weighted by atomic mass is 32.1. The van der Waals surface area contributed by atoms with E-state index in [0.29, 0.717) is 13.3 Å². The van der Waals surface area contributed by atoms with Gasteiger partial charge in [0.2, 0.25) is 0 Å². The normalized spacial score (nSPS) is 12.0. The zero-order valence-corrected chi connectivity index (χ0v) is 14.9. The van der Waals surface area contributed by atoms with Gasteiger partial charge in [-0.15, -0.1) is 11.3 Å². The predicted octanol–water partition coefficient (Wildman–Crippen LogP) is 3.93. The van der Waals surface area contributed by atoms with E-state index in [-0.39, 0.29) is 11.4 Å². The van der Waals surface area contributed by atoms with Gasteiger partial charge in [0.15, 0.2) is 0 Å². The molecule has 2 N–H and O–H groups in total. The quantitative estimate of drug-likeness (QED) is 0.543. The van der Waals surface area contributed by atoms with Crippen LogP contribution in [0.25, 0.3) is 20.8 Å². The van der Waals surface area contributed by atoms with Gasteiger partial charge in [-0.2, -0.15) is 0 Å². The number of nitrogens with one attached hydrogen (secondary N) is 1. The standard InChI is InChI=1S/C18H21N3O2S/c1-18(2,3)23-11-20-9-12-6-13(10-19-8-12)17-21-15-7-14(22)4-5-16(15)24-17/h4-8,10,20,22H,9,11H2,1-3H3. The van der Waals surface area contributed by atoms with Crippen LogP contribution in [0.15, 0.2) is 36.7 Å². The zero-order chi connectivity index (χ0) is 17.2. The highest BCUT2D eigenvalue weighted by Crippen LogP contribution is 2.31. The van der Waals surface area contributed by atoms with Gasteiger partial charge in [0.05, 0.1) is 22.5 Å². The second-order valence-corrected chi connectivity index (χ2v) is 7.61. The summed E-state index contributed by atoms with van der Waals surface area (Å²) in [5.74, 6) is 0.231. The molecule has 0 saturated carbocycles. The third-order valence-corrected chi connectivity index (χ3v) is 4.43. The number of ether oxygens (including phenoxy) is 1. The second-order valence-electron chi connectivity index (χ2n) is 6.58. The Balaban J connectivity index is 1.72. The molecule has 0 aliphatic rings. The molecule has 0 bridgehead atoms. The van der Waals surface area contributed by atoms with E-state index in [0.717, 1.165) is 26.4 Å². The minimum absolute atomic E-state index is 0.153. The smallest absolute Gasteiger partial charge is 0.126 e. The summed E-state index contributed by atoms with van der Waals surface area (Å²) in [6, 6.07) is 7.32. The van der Waals surface area contributed by atoms with E-state index >= 15 is 0 Å². The van der Waals surface area contributed by atoms with E-state index in [9.17, 15) is 5.11 Å². The molecule has 2 aromatic heterocycles. The van der Waals surface area contributed by atoms with Gasteiger partial charge >= 0.3 is 0 Å². The van der Waals surface area contributed by atoms with Gasteiger partial charge in [-0.1, -0.05) is 0 Å². The highest BCUT2D eigenvalue weighted by Gasteiger charge is 2.10. The molecule has 0 fully saturated rings. The number of rotatable bonds is 5. The Labute approximate surface area is 145 Å². The molecule has 3 rings (SSSR count). The molecule has 0 saturated heterocycles. The molecule has 0 amide bonds. The van der Waals surface area contributed by atoms with Crippen molar-refractivity contribution in [3.05, 3.63) is 42.2 Å². The Bertz CT molecular complexity index is 840. The van der Waals surface area contributed by atoms with Crippen LogP contribution >= 0.6 is 11.3 Å². The third kappa shape index (κ3) is 4.29. The van der Waals surface area contributed by atoms with E-state index < -0.39 is 0 Å². The lowest BCUT2D eigenvalue weighted by Gasteiger charge is -2.19. The maximum absolute atomic E-state index is 9.56. The topological polar surface area (TPSA) is 67.3 Å². The largest absolute Gasteiger partial charge is 0.508 e. The summed E-state index contributed by atoms with van der Waals surface area (Å²) in [6.07, 6.45) is 3.65. The number of hydrogen-bond acceptors (Lipinski definition) is 6. The Morgan fingerprint density at radius 2 is 2.04 bits per heavy atom. The molecule has 0 unspecified atom stereocenters. The average Bonchev–Trinajstić information content (AvgIpc) is 2.94. The number of phenolic OH excluding ortho intramolecular Hbond substituents is 1. The van der Waals surface area contributed by atoms with E-state index in [1.807, 2.05) is 39.2 Å². The summed E-state index contributed by atoms with van der Waals surface area (Å²) in [4.78, 5) is 8.90. The van der Waals surface area contributed by atoms with Gasteiger partial charge in [0.1, 0.15) is 10.8 Å². The molecule has 0 atom stereocenters. The number of phenols is 1. The van der Waals surface area contributed by atoms with Crippen LogP contribution < -0.4 is 5.32 Å². The number of benzene rings is 1. The number of nitrogens with zero attached hydrogens (tertiary/aromatic N) is 2. The highest BCUT2D eigenvalue weighted by molar-refractivity contribution is 7.21. The fraction of sp³-hybridized carbons (Fsp3) is 0.333. The molecule has 0 radical (unpaired) electrons. The number of thiazole rings is 1. The lowest BCUT2D eigenvalue weighted by Crippen LogP contribution is -2.27. The number of fused-ring (bicyclic) bond motifs is 1. The van der Waals surface area contributed by atoms with Gasteiger partial charge in [-0.05, 0) is 44.5 Å². The molecule has 5 nitrogen and oxygen atoms in total. The van der Waals surface area contributed by atoms with Gasteiger partial charge in [-0.3, -0.25) is 10.3 Å². The molecule has 1 aromatic carbocycles. The van der Waals surface area contributed by atoms with E-state index in [1.165, 1.54) is 0 Å². The van der Waals surface area contributed by atoms with Crippen molar-refractivity contribution in [2.75, 3.05) is 6.73 Å². The minimum atomic E-state index is -0.153. The van der Waals surface area contributed by atoms with Crippen LogP contribution in [0.3, 0.4) is 0 Å². The zero-order valence-electron chi connectivity index (χ0n) is 14.0. The Morgan fingerprint density at radius 1 is 1.21 bits per heavy atom. The molecule has 2 heterocycles.